The number of benzene rings is 2. The maximum Gasteiger partial charge on any atom is 0.231 e. The van der Waals surface area contributed by atoms with Crippen LogP contribution in [-0.2, 0) is 13.1 Å². The Kier molecular flexibility index (Phi) is 4.57. The first kappa shape index (κ1) is 16.3. The largest absolute Gasteiger partial charge is 0.454 e. The van der Waals surface area contributed by atoms with Gasteiger partial charge in [-0.15, -0.1) is 0 Å². The monoisotopic (exact) mass is 374 g/mol. The Morgan fingerprint density at radius 2 is 1.84 bits per heavy atom. The predicted octanol–water partition coefficient (Wildman–Crippen LogP) is 4.80. The van der Waals surface area contributed by atoms with Gasteiger partial charge >= 0.3 is 0 Å². The van der Waals surface area contributed by atoms with Gasteiger partial charge in [-0.25, -0.2) is 0 Å². The molecular formula is C19H16Cl2N2O2. The molecule has 0 amide bonds. The summed E-state index contributed by atoms with van der Waals surface area (Å²) >= 11 is 12.3. The molecule has 0 saturated heterocycles. The Morgan fingerprint density at radius 1 is 0.960 bits per heavy atom. The van der Waals surface area contributed by atoms with Crippen molar-refractivity contribution in [3.63, 3.8) is 0 Å². The Morgan fingerprint density at radius 3 is 2.72 bits per heavy atom. The van der Waals surface area contributed by atoms with Crippen molar-refractivity contribution in [3.05, 3.63) is 76.0 Å². The van der Waals surface area contributed by atoms with Crippen molar-refractivity contribution in [2.24, 2.45) is 0 Å². The first-order chi connectivity index (χ1) is 12.2. The van der Waals surface area contributed by atoms with Crippen LogP contribution in [0.25, 0.3) is 5.69 Å². The van der Waals surface area contributed by atoms with Crippen LogP contribution in [0, 0.1) is 0 Å². The minimum Gasteiger partial charge on any atom is -0.454 e. The molecule has 0 saturated carbocycles. The summed E-state index contributed by atoms with van der Waals surface area (Å²) < 4.78 is 12.8. The number of halogens is 2. The number of hydrogen-bond donors (Lipinski definition) is 1. The van der Waals surface area contributed by atoms with Crippen LogP contribution < -0.4 is 14.8 Å². The summed E-state index contributed by atoms with van der Waals surface area (Å²) in [5.74, 6) is 1.60. The van der Waals surface area contributed by atoms with Crippen molar-refractivity contribution in [2.75, 3.05) is 6.79 Å². The highest BCUT2D eigenvalue weighted by Crippen LogP contribution is 2.32. The number of nitrogens with one attached hydrogen (secondary N) is 1. The summed E-state index contributed by atoms with van der Waals surface area (Å²) in [4.78, 5) is 0. The summed E-state index contributed by atoms with van der Waals surface area (Å²) in [5.41, 5.74) is 3.17. The molecule has 0 radical (unpaired) electrons. The van der Waals surface area contributed by atoms with Gasteiger partial charge in [0, 0.05) is 30.0 Å². The first-order valence-electron chi connectivity index (χ1n) is 7.91. The molecule has 0 atom stereocenters. The minimum atomic E-state index is 0.293. The molecule has 128 valence electrons. The van der Waals surface area contributed by atoms with Crippen LogP contribution >= 0.6 is 23.2 Å². The zero-order valence-electron chi connectivity index (χ0n) is 13.3. The molecule has 2 heterocycles. The molecule has 25 heavy (non-hydrogen) atoms. The molecule has 1 N–H and O–H groups in total. The third-order valence-electron chi connectivity index (χ3n) is 4.07. The molecule has 0 spiro atoms. The zero-order valence-corrected chi connectivity index (χ0v) is 14.8. The van der Waals surface area contributed by atoms with E-state index >= 15 is 0 Å². The number of rotatable bonds is 5. The van der Waals surface area contributed by atoms with Crippen LogP contribution in [0.4, 0.5) is 0 Å². The zero-order chi connectivity index (χ0) is 17.2. The van der Waals surface area contributed by atoms with Gasteiger partial charge in [-0.2, -0.15) is 0 Å². The van der Waals surface area contributed by atoms with E-state index in [0.717, 1.165) is 35.0 Å². The van der Waals surface area contributed by atoms with E-state index < -0.39 is 0 Å². The van der Waals surface area contributed by atoms with Crippen LogP contribution in [0.15, 0.2) is 54.7 Å². The SMILES string of the molecule is Clc1ccc(-n2cccc2CNCc2ccc3c(c2)OCO3)c(Cl)c1. The van der Waals surface area contributed by atoms with Crippen molar-refractivity contribution in [1.82, 2.24) is 9.88 Å². The van der Waals surface area contributed by atoms with E-state index in [1.807, 2.05) is 42.6 Å². The van der Waals surface area contributed by atoms with Gasteiger partial charge in [0.1, 0.15) is 0 Å². The molecule has 4 rings (SSSR count). The minimum absolute atomic E-state index is 0.293. The second-order valence-corrected chi connectivity index (χ2v) is 6.60. The van der Waals surface area contributed by atoms with Gasteiger partial charge in [0.15, 0.2) is 11.5 Å². The quantitative estimate of drug-likeness (QED) is 0.696. The second-order valence-electron chi connectivity index (χ2n) is 5.76. The van der Waals surface area contributed by atoms with Crippen LogP contribution in [-0.4, -0.2) is 11.4 Å². The molecule has 0 unspecified atom stereocenters. The molecule has 0 bridgehead atoms. The van der Waals surface area contributed by atoms with Crippen LogP contribution in [0.2, 0.25) is 10.0 Å². The highest BCUT2D eigenvalue weighted by molar-refractivity contribution is 6.35. The molecule has 1 aliphatic rings. The first-order valence-corrected chi connectivity index (χ1v) is 8.67. The fourth-order valence-corrected chi connectivity index (χ4v) is 3.36. The Bertz CT molecular complexity index is 908. The van der Waals surface area contributed by atoms with E-state index in [1.165, 1.54) is 0 Å². The van der Waals surface area contributed by atoms with E-state index in [-0.39, 0.29) is 0 Å². The van der Waals surface area contributed by atoms with Crippen molar-refractivity contribution in [2.45, 2.75) is 13.1 Å². The summed E-state index contributed by atoms with van der Waals surface area (Å²) in [6, 6.07) is 15.6. The van der Waals surface area contributed by atoms with E-state index in [0.29, 0.717) is 23.4 Å². The molecule has 2 aromatic carbocycles. The van der Waals surface area contributed by atoms with Gasteiger partial charge < -0.3 is 19.4 Å². The van der Waals surface area contributed by atoms with Crippen molar-refractivity contribution >= 4 is 23.2 Å². The average Bonchev–Trinajstić information content (AvgIpc) is 3.23. The second kappa shape index (κ2) is 7.00. The maximum absolute atomic E-state index is 6.33. The number of hydrogen-bond acceptors (Lipinski definition) is 3. The molecular weight excluding hydrogens is 359 g/mol. The summed E-state index contributed by atoms with van der Waals surface area (Å²) in [6.45, 7) is 1.73. The Labute approximate surface area is 155 Å². The molecule has 3 aromatic rings. The van der Waals surface area contributed by atoms with Gasteiger partial charge in [0.2, 0.25) is 6.79 Å². The van der Waals surface area contributed by atoms with Gasteiger partial charge in [0.05, 0.1) is 10.7 Å². The smallest absolute Gasteiger partial charge is 0.231 e. The van der Waals surface area contributed by atoms with Crippen LogP contribution in [0.1, 0.15) is 11.3 Å². The normalized spacial score (nSPS) is 12.6. The van der Waals surface area contributed by atoms with Crippen molar-refractivity contribution in [3.8, 4) is 17.2 Å². The molecule has 1 aliphatic heterocycles. The number of aromatic nitrogens is 1. The van der Waals surface area contributed by atoms with Crippen molar-refractivity contribution in [1.29, 1.82) is 0 Å². The Balaban J connectivity index is 1.45. The average molecular weight is 375 g/mol. The van der Waals surface area contributed by atoms with Crippen LogP contribution in [0.5, 0.6) is 11.5 Å². The summed E-state index contributed by atoms with van der Waals surface area (Å²) in [5, 5.41) is 4.70. The number of ether oxygens (including phenoxy) is 2. The number of nitrogens with zero attached hydrogens (tertiary/aromatic N) is 1. The fourth-order valence-electron chi connectivity index (χ4n) is 2.86. The highest BCUT2D eigenvalue weighted by atomic mass is 35.5. The lowest BCUT2D eigenvalue weighted by molar-refractivity contribution is 0.174. The highest BCUT2D eigenvalue weighted by Gasteiger charge is 2.13. The van der Waals surface area contributed by atoms with E-state index in [1.54, 1.807) is 6.07 Å². The molecule has 6 heteroatoms. The molecule has 4 nitrogen and oxygen atoms in total. The van der Waals surface area contributed by atoms with E-state index in [9.17, 15) is 0 Å². The Hall–Kier alpha value is -2.14. The fraction of sp³-hybridized carbons (Fsp3) is 0.158. The summed E-state index contributed by atoms with van der Waals surface area (Å²) in [6.07, 6.45) is 1.99. The number of fused-ring (bicyclic) bond motifs is 1. The van der Waals surface area contributed by atoms with Crippen molar-refractivity contribution < 1.29 is 9.47 Å². The molecule has 0 aliphatic carbocycles. The molecule has 1 aromatic heterocycles. The topological polar surface area (TPSA) is 35.4 Å². The van der Waals surface area contributed by atoms with Gasteiger partial charge in [-0.3, -0.25) is 0 Å². The van der Waals surface area contributed by atoms with E-state index in [4.69, 9.17) is 32.7 Å². The van der Waals surface area contributed by atoms with Crippen LogP contribution in [0.3, 0.4) is 0 Å². The van der Waals surface area contributed by atoms with Gasteiger partial charge in [0.25, 0.3) is 0 Å². The van der Waals surface area contributed by atoms with Gasteiger partial charge in [-0.05, 0) is 48.0 Å². The third-order valence-corrected chi connectivity index (χ3v) is 4.61. The third kappa shape index (κ3) is 3.47. The standard InChI is InChI=1S/C19H16Cl2N2O2/c20-14-4-5-17(16(21)9-14)23-7-1-2-15(23)11-22-10-13-3-6-18-19(8-13)25-12-24-18/h1-9,22H,10-12H2. The lowest BCUT2D eigenvalue weighted by Gasteiger charge is -2.12. The lowest BCUT2D eigenvalue weighted by Crippen LogP contribution is -2.15. The lowest BCUT2D eigenvalue weighted by atomic mass is 10.2. The molecule has 0 fully saturated rings. The van der Waals surface area contributed by atoms with E-state index in [2.05, 4.69) is 16.0 Å². The predicted molar refractivity (Wildman–Crippen MR) is 98.9 cm³/mol. The summed E-state index contributed by atoms with van der Waals surface area (Å²) in [7, 11) is 0. The maximum atomic E-state index is 6.33. The van der Waals surface area contributed by atoms with Gasteiger partial charge in [-0.1, -0.05) is 29.3 Å².